The third kappa shape index (κ3) is 3.16. The van der Waals surface area contributed by atoms with Gasteiger partial charge in [-0.25, -0.2) is 0 Å². The van der Waals surface area contributed by atoms with Crippen LogP contribution in [0.4, 0.5) is 5.69 Å². The maximum Gasteiger partial charge on any atom is 0.120 e. The Morgan fingerprint density at radius 2 is 2.06 bits per heavy atom. The number of nitrogens with one attached hydrogen (secondary N) is 1. The van der Waals surface area contributed by atoms with E-state index in [0.29, 0.717) is 5.41 Å². The Morgan fingerprint density at radius 1 is 1.33 bits per heavy atom. The first-order valence-electron chi connectivity index (χ1n) is 6.76. The van der Waals surface area contributed by atoms with Gasteiger partial charge in [-0.15, -0.1) is 0 Å². The number of methoxy groups -OCH3 is 1. The van der Waals surface area contributed by atoms with Crippen molar-refractivity contribution in [3.8, 4) is 5.75 Å². The second-order valence-electron chi connectivity index (χ2n) is 5.69. The first kappa shape index (κ1) is 13.2. The molecule has 1 aromatic rings. The molecular weight excluding hydrogens is 224 g/mol. The highest BCUT2D eigenvalue weighted by Gasteiger charge is 2.27. The summed E-state index contributed by atoms with van der Waals surface area (Å²) in [6, 6.07) is 5.89. The van der Waals surface area contributed by atoms with Gasteiger partial charge in [0.05, 0.1) is 7.11 Å². The van der Waals surface area contributed by atoms with Crippen LogP contribution in [0.1, 0.15) is 38.2 Å². The molecule has 0 heterocycles. The highest BCUT2D eigenvalue weighted by molar-refractivity contribution is 5.51. The van der Waals surface area contributed by atoms with Crippen molar-refractivity contribution < 1.29 is 4.74 Å². The summed E-state index contributed by atoms with van der Waals surface area (Å²) in [7, 11) is 1.66. The average molecular weight is 248 g/mol. The van der Waals surface area contributed by atoms with Crippen molar-refractivity contribution in [2.75, 3.05) is 19.4 Å². The SMILES string of the molecule is COc1ccc(CNCC2(C)CCCC2)c(N)c1. The van der Waals surface area contributed by atoms with Crippen LogP contribution in [0, 0.1) is 5.41 Å². The van der Waals surface area contributed by atoms with E-state index in [4.69, 9.17) is 10.5 Å². The highest BCUT2D eigenvalue weighted by atomic mass is 16.5. The van der Waals surface area contributed by atoms with Crippen molar-refractivity contribution in [1.29, 1.82) is 0 Å². The van der Waals surface area contributed by atoms with Crippen molar-refractivity contribution in [2.45, 2.75) is 39.2 Å². The van der Waals surface area contributed by atoms with E-state index in [1.807, 2.05) is 18.2 Å². The smallest absolute Gasteiger partial charge is 0.120 e. The van der Waals surface area contributed by atoms with Crippen LogP contribution in [0.3, 0.4) is 0 Å². The maximum atomic E-state index is 6.00. The van der Waals surface area contributed by atoms with Crippen LogP contribution in [0.2, 0.25) is 0 Å². The number of hydrogen-bond acceptors (Lipinski definition) is 3. The zero-order valence-corrected chi connectivity index (χ0v) is 11.5. The largest absolute Gasteiger partial charge is 0.497 e. The van der Waals surface area contributed by atoms with Crippen LogP contribution >= 0.6 is 0 Å². The molecule has 0 aliphatic heterocycles. The highest BCUT2D eigenvalue weighted by Crippen LogP contribution is 2.36. The number of ether oxygens (including phenoxy) is 1. The minimum atomic E-state index is 0.487. The van der Waals surface area contributed by atoms with Gasteiger partial charge >= 0.3 is 0 Å². The van der Waals surface area contributed by atoms with Crippen LogP contribution < -0.4 is 15.8 Å². The number of nitrogen functional groups attached to an aromatic ring is 1. The van der Waals surface area contributed by atoms with E-state index in [0.717, 1.165) is 30.1 Å². The van der Waals surface area contributed by atoms with Gasteiger partial charge in [0, 0.05) is 24.8 Å². The quantitative estimate of drug-likeness (QED) is 0.788. The lowest BCUT2D eigenvalue weighted by Gasteiger charge is -2.24. The first-order valence-corrected chi connectivity index (χ1v) is 6.76. The van der Waals surface area contributed by atoms with Gasteiger partial charge in [-0.1, -0.05) is 25.8 Å². The molecule has 18 heavy (non-hydrogen) atoms. The fourth-order valence-corrected chi connectivity index (χ4v) is 2.77. The standard InChI is InChI=1S/C15H24N2O/c1-15(7-3-4-8-15)11-17-10-12-5-6-13(18-2)9-14(12)16/h5-6,9,17H,3-4,7-8,10-11,16H2,1-2H3. The molecule has 0 radical (unpaired) electrons. The third-order valence-electron chi connectivity index (χ3n) is 4.03. The molecule has 1 aliphatic carbocycles. The summed E-state index contributed by atoms with van der Waals surface area (Å²) in [4.78, 5) is 0. The topological polar surface area (TPSA) is 47.3 Å². The number of nitrogens with two attached hydrogens (primary N) is 1. The molecule has 2 rings (SSSR count). The Labute approximate surface area is 110 Å². The molecule has 0 spiro atoms. The molecule has 0 amide bonds. The van der Waals surface area contributed by atoms with E-state index in [1.165, 1.54) is 25.7 Å². The summed E-state index contributed by atoms with van der Waals surface area (Å²) in [5, 5.41) is 3.54. The van der Waals surface area contributed by atoms with Gasteiger partial charge in [-0.2, -0.15) is 0 Å². The van der Waals surface area contributed by atoms with Gasteiger partial charge < -0.3 is 15.8 Å². The molecule has 0 bridgehead atoms. The monoisotopic (exact) mass is 248 g/mol. The van der Waals surface area contributed by atoms with Gasteiger partial charge in [-0.3, -0.25) is 0 Å². The average Bonchev–Trinajstić information content (AvgIpc) is 2.78. The summed E-state index contributed by atoms with van der Waals surface area (Å²) in [6.45, 7) is 4.30. The molecule has 0 aromatic heterocycles. The van der Waals surface area contributed by atoms with Crippen molar-refractivity contribution in [3.05, 3.63) is 23.8 Å². The second kappa shape index (κ2) is 5.61. The molecule has 0 unspecified atom stereocenters. The number of anilines is 1. The summed E-state index contributed by atoms with van der Waals surface area (Å²) in [6.07, 6.45) is 5.45. The Kier molecular flexibility index (Phi) is 4.12. The van der Waals surface area contributed by atoms with Crippen molar-refractivity contribution in [3.63, 3.8) is 0 Å². The van der Waals surface area contributed by atoms with Crippen LogP contribution in [-0.4, -0.2) is 13.7 Å². The molecule has 0 atom stereocenters. The van der Waals surface area contributed by atoms with Crippen molar-refractivity contribution in [2.24, 2.45) is 5.41 Å². The van der Waals surface area contributed by atoms with E-state index >= 15 is 0 Å². The van der Waals surface area contributed by atoms with E-state index in [2.05, 4.69) is 12.2 Å². The predicted octanol–water partition coefficient (Wildman–Crippen LogP) is 2.95. The Bertz CT molecular complexity index is 397. The zero-order chi connectivity index (χ0) is 13.0. The molecule has 1 aliphatic rings. The summed E-state index contributed by atoms with van der Waals surface area (Å²) >= 11 is 0. The second-order valence-corrected chi connectivity index (χ2v) is 5.69. The molecule has 0 saturated heterocycles. The van der Waals surface area contributed by atoms with Crippen LogP contribution in [0.15, 0.2) is 18.2 Å². The maximum absolute atomic E-state index is 6.00. The molecular formula is C15H24N2O. The lowest BCUT2D eigenvalue weighted by molar-refractivity contribution is 0.314. The van der Waals surface area contributed by atoms with Gasteiger partial charge in [0.25, 0.3) is 0 Å². The zero-order valence-electron chi connectivity index (χ0n) is 11.5. The summed E-state index contributed by atoms with van der Waals surface area (Å²) in [5.74, 6) is 0.819. The van der Waals surface area contributed by atoms with Crippen LogP contribution in [-0.2, 0) is 6.54 Å². The third-order valence-corrected chi connectivity index (χ3v) is 4.03. The Balaban J connectivity index is 1.86. The molecule has 3 heteroatoms. The van der Waals surface area contributed by atoms with E-state index in [9.17, 15) is 0 Å². The first-order chi connectivity index (χ1) is 8.63. The molecule has 3 nitrogen and oxygen atoms in total. The fraction of sp³-hybridized carbons (Fsp3) is 0.600. The molecule has 100 valence electrons. The molecule has 1 fully saturated rings. The fourth-order valence-electron chi connectivity index (χ4n) is 2.77. The van der Waals surface area contributed by atoms with Gasteiger partial charge in [0.15, 0.2) is 0 Å². The van der Waals surface area contributed by atoms with Crippen LogP contribution in [0.25, 0.3) is 0 Å². The summed E-state index contributed by atoms with van der Waals surface area (Å²) < 4.78 is 5.15. The lowest BCUT2D eigenvalue weighted by atomic mass is 9.89. The van der Waals surface area contributed by atoms with Gasteiger partial charge in [0.2, 0.25) is 0 Å². The van der Waals surface area contributed by atoms with Gasteiger partial charge in [-0.05, 0) is 29.9 Å². The minimum Gasteiger partial charge on any atom is -0.497 e. The van der Waals surface area contributed by atoms with E-state index in [-0.39, 0.29) is 0 Å². The van der Waals surface area contributed by atoms with Crippen molar-refractivity contribution in [1.82, 2.24) is 5.32 Å². The molecule has 1 saturated carbocycles. The number of benzene rings is 1. The van der Waals surface area contributed by atoms with Crippen LogP contribution in [0.5, 0.6) is 5.75 Å². The Morgan fingerprint density at radius 3 is 2.67 bits per heavy atom. The number of rotatable bonds is 5. The van der Waals surface area contributed by atoms with Gasteiger partial charge in [0.1, 0.15) is 5.75 Å². The van der Waals surface area contributed by atoms with E-state index < -0.39 is 0 Å². The predicted molar refractivity (Wildman–Crippen MR) is 75.7 cm³/mol. The van der Waals surface area contributed by atoms with Crippen molar-refractivity contribution >= 4 is 5.69 Å². The normalized spacial score (nSPS) is 17.9. The molecule has 1 aromatic carbocycles. The summed E-state index contributed by atoms with van der Waals surface area (Å²) in [5.41, 5.74) is 8.45. The lowest BCUT2D eigenvalue weighted by Crippen LogP contribution is -2.29. The number of hydrogen-bond donors (Lipinski definition) is 2. The van der Waals surface area contributed by atoms with E-state index in [1.54, 1.807) is 7.11 Å². The minimum absolute atomic E-state index is 0.487. The molecule has 3 N–H and O–H groups in total. The Hall–Kier alpha value is -1.22.